The van der Waals surface area contributed by atoms with Crippen molar-refractivity contribution in [1.29, 1.82) is 0 Å². The van der Waals surface area contributed by atoms with E-state index in [2.05, 4.69) is 0 Å². The van der Waals surface area contributed by atoms with Crippen molar-refractivity contribution in [3.8, 4) is 5.75 Å². The van der Waals surface area contributed by atoms with Crippen LogP contribution in [-0.4, -0.2) is 36.5 Å². The fraction of sp³-hybridized carbons (Fsp3) is 0.375. The SMILES string of the molecule is O=C(CC[C@@H]1[C@H]2CC(=O)O[C@H]2C[C@H]1OC(=O)c1ccccc1)COc1ccccc1. The molecule has 1 aliphatic carbocycles. The smallest absolute Gasteiger partial charge is 0.338 e. The van der Waals surface area contributed by atoms with Gasteiger partial charge in [0.15, 0.2) is 5.78 Å². The van der Waals surface area contributed by atoms with Crippen molar-refractivity contribution >= 4 is 17.7 Å². The maximum Gasteiger partial charge on any atom is 0.338 e. The second-order valence-corrected chi connectivity index (χ2v) is 7.78. The van der Waals surface area contributed by atoms with Gasteiger partial charge in [-0.05, 0) is 30.7 Å². The number of Topliss-reactive ketones (excluding diaryl/α,β-unsaturated/α-hetero) is 1. The summed E-state index contributed by atoms with van der Waals surface area (Å²) in [5.41, 5.74) is 0.484. The molecule has 0 bridgehead atoms. The van der Waals surface area contributed by atoms with E-state index in [9.17, 15) is 14.4 Å². The van der Waals surface area contributed by atoms with Gasteiger partial charge in [0.1, 0.15) is 24.6 Å². The molecule has 30 heavy (non-hydrogen) atoms. The van der Waals surface area contributed by atoms with Crippen molar-refractivity contribution in [3.05, 3.63) is 66.2 Å². The highest BCUT2D eigenvalue weighted by molar-refractivity contribution is 5.89. The van der Waals surface area contributed by atoms with E-state index < -0.39 is 5.97 Å². The van der Waals surface area contributed by atoms with Crippen molar-refractivity contribution in [3.63, 3.8) is 0 Å². The topological polar surface area (TPSA) is 78.9 Å². The minimum absolute atomic E-state index is 0.00523. The summed E-state index contributed by atoms with van der Waals surface area (Å²) in [6, 6.07) is 18.0. The van der Waals surface area contributed by atoms with Crippen LogP contribution in [0.25, 0.3) is 0 Å². The molecule has 0 N–H and O–H groups in total. The van der Waals surface area contributed by atoms with Gasteiger partial charge in [0.25, 0.3) is 0 Å². The number of hydrogen-bond donors (Lipinski definition) is 0. The largest absolute Gasteiger partial charge is 0.486 e. The van der Waals surface area contributed by atoms with Crippen LogP contribution in [0.4, 0.5) is 0 Å². The van der Waals surface area contributed by atoms with Gasteiger partial charge in [0, 0.05) is 24.7 Å². The van der Waals surface area contributed by atoms with Gasteiger partial charge in [0.05, 0.1) is 12.0 Å². The molecular weight excluding hydrogens is 384 g/mol. The average molecular weight is 408 g/mol. The predicted octanol–water partition coefficient (Wildman–Crippen LogP) is 3.59. The summed E-state index contributed by atoms with van der Waals surface area (Å²) in [5.74, 6) is -0.0992. The summed E-state index contributed by atoms with van der Waals surface area (Å²) < 4.78 is 16.7. The lowest BCUT2D eigenvalue weighted by atomic mass is 9.87. The molecule has 1 aliphatic heterocycles. The van der Waals surface area contributed by atoms with E-state index in [1.54, 1.807) is 36.4 Å². The lowest BCUT2D eigenvalue weighted by Crippen LogP contribution is -2.27. The Labute approximate surface area is 175 Å². The highest BCUT2D eigenvalue weighted by atomic mass is 16.6. The van der Waals surface area contributed by atoms with E-state index in [0.29, 0.717) is 37.0 Å². The minimum atomic E-state index is -0.393. The molecule has 1 heterocycles. The van der Waals surface area contributed by atoms with Crippen molar-refractivity contribution in [1.82, 2.24) is 0 Å². The molecule has 0 radical (unpaired) electrons. The molecule has 1 saturated heterocycles. The highest BCUT2D eigenvalue weighted by Gasteiger charge is 2.51. The number of hydrogen-bond acceptors (Lipinski definition) is 6. The number of para-hydroxylation sites is 1. The number of benzene rings is 2. The monoisotopic (exact) mass is 408 g/mol. The molecule has 6 nitrogen and oxygen atoms in total. The third-order valence-electron chi connectivity index (χ3n) is 5.82. The van der Waals surface area contributed by atoms with Gasteiger partial charge in [-0.25, -0.2) is 4.79 Å². The van der Waals surface area contributed by atoms with Gasteiger partial charge in [-0.3, -0.25) is 9.59 Å². The average Bonchev–Trinajstić information content (AvgIpc) is 3.27. The highest BCUT2D eigenvalue weighted by Crippen LogP contribution is 2.45. The zero-order valence-corrected chi connectivity index (χ0v) is 16.6. The number of fused-ring (bicyclic) bond motifs is 1. The van der Waals surface area contributed by atoms with Gasteiger partial charge in [-0.1, -0.05) is 36.4 Å². The quantitative estimate of drug-likeness (QED) is 0.621. The molecule has 2 aliphatic rings. The third-order valence-corrected chi connectivity index (χ3v) is 5.82. The Hall–Kier alpha value is -3.15. The first kappa shape index (κ1) is 20.1. The Morgan fingerprint density at radius 3 is 2.43 bits per heavy atom. The van der Waals surface area contributed by atoms with Gasteiger partial charge in [-0.2, -0.15) is 0 Å². The molecule has 0 aromatic heterocycles. The summed E-state index contributed by atoms with van der Waals surface area (Å²) in [7, 11) is 0. The first-order valence-electron chi connectivity index (χ1n) is 10.2. The third kappa shape index (κ3) is 4.70. The molecule has 2 aromatic rings. The van der Waals surface area contributed by atoms with E-state index in [0.717, 1.165) is 0 Å². The van der Waals surface area contributed by atoms with Crippen LogP contribution < -0.4 is 4.74 Å². The fourth-order valence-corrected chi connectivity index (χ4v) is 4.35. The van der Waals surface area contributed by atoms with Crippen LogP contribution in [-0.2, 0) is 19.1 Å². The number of carbonyl (C=O) groups excluding carboxylic acids is 3. The molecule has 1 saturated carbocycles. The molecule has 2 fully saturated rings. The molecule has 0 amide bonds. The Morgan fingerprint density at radius 1 is 1.00 bits per heavy atom. The Bertz CT molecular complexity index is 894. The predicted molar refractivity (Wildman–Crippen MR) is 108 cm³/mol. The number of carbonyl (C=O) groups is 3. The van der Waals surface area contributed by atoms with Crippen LogP contribution in [0.3, 0.4) is 0 Å². The molecule has 6 heteroatoms. The number of ether oxygens (including phenoxy) is 3. The van der Waals surface area contributed by atoms with Crippen LogP contribution in [0.2, 0.25) is 0 Å². The van der Waals surface area contributed by atoms with Crippen LogP contribution in [0.15, 0.2) is 60.7 Å². The van der Waals surface area contributed by atoms with Crippen molar-refractivity contribution in [2.45, 2.75) is 37.9 Å². The Kier molecular flexibility index (Phi) is 6.12. The summed E-state index contributed by atoms with van der Waals surface area (Å²) in [6.07, 6.45) is 1.00. The maximum atomic E-state index is 12.5. The fourth-order valence-electron chi connectivity index (χ4n) is 4.35. The standard InChI is InChI=1S/C24H24O6/c25-17(15-28-18-9-5-2-6-10-18)11-12-19-20-13-23(26)29-22(20)14-21(19)30-24(27)16-7-3-1-4-8-16/h1-10,19-22H,11-15H2/t19-,20-,21-,22+/m1/s1. The zero-order chi connectivity index (χ0) is 20.9. The Morgan fingerprint density at radius 2 is 1.70 bits per heavy atom. The van der Waals surface area contributed by atoms with Crippen molar-refractivity contribution in [2.75, 3.05) is 6.61 Å². The zero-order valence-electron chi connectivity index (χ0n) is 16.6. The van der Waals surface area contributed by atoms with E-state index in [4.69, 9.17) is 14.2 Å². The second-order valence-electron chi connectivity index (χ2n) is 7.78. The van der Waals surface area contributed by atoms with Crippen LogP contribution in [0.1, 0.15) is 36.0 Å². The van der Waals surface area contributed by atoms with Crippen LogP contribution in [0.5, 0.6) is 5.75 Å². The van der Waals surface area contributed by atoms with Crippen LogP contribution >= 0.6 is 0 Å². The first-order valence-corrected chi connectivity index (χ1v) is 10.2. The molecule has 156 valence electrons. The number of esters is 2. The normalized spacial score (nSPS) is 24.7. The van der Waals surface area contributed by atoms with Gasteiger partial charge < -0.3 is 14.2 Å². The molecule has 0 unspecified atom stereocenters. The van der Waals surface area contributed by atoms with Crippen molar-refractivity contribution < 1.29 is 28.6 Å². The number of ketones is 1. The Balaban J connectivity index is 1.36. The first-order chi connectivity index (χ1) is 14.6. The lowest BCUT2D eigenvalue weighted by molar-refractivity contribution is -0.141. The van der Waals surface area contributed by atoms with Gasteiger partial charge >= 0.3 is 11.9 Å². The second kappa shape index (κ2) is 9.11. The van der Waals surface area contributed by atoms with E-state index >= 15 is 0 Å². The molecule has 2 aromatic carbocycles. The maximum absolute atomic E-state index is 12.5. The summed E-state index contributed by atoms with van der Waals surface area (Å²) in [5, 5.41) is 0. The van der Waals surface area contributed by atoms with Crippen LogP contribution in [0, 0.1) is 11.8 Å². The van der Waals surface area contributed by atoms with E-state index in [1.165, 1.54) is 0 Å². The number of rotatable bonds is 8. The lowest BCUT2D eigenvalue weighted by Gasteiger charge is -2.23. The molecule has 0 spiro atoms. The summed E-state index contributed by atoms with van der Waals surface area (Å²) in [6.45, 7) is -0.00523. The van der Waals surface area contributed by atoms with Crippen molar-refractivity contribution in [2.24, 2.45) is 11.8 Å². The molecular formula is C24H24O6. The molecule has 4 rings (SSSR count). The van der Waals surface area contributed by atoms with E-state index in [-0.39, 0.29) is 42.4 Å². The molecule has 4 atom stereocenters. The minimum Gasteiger partial charge on any atom is -0.486 e. The summed E-state index contributed by atoms with van der Waals surface area (Å²) in [4.78, 5) is 36.6. The van der Waals surface area contributed by atoms with E-state index in [1.807, 2.05) is 24.3 Å². The summed E-state index contributed by atoms with van der Waals surface area (Å²) >= 11 is 0. The van der Waals surface area contributed by atoms with Gasteiger partial charge in [-0.15, -0.1) is 0 Å². The van der Waals surface area contributed by atoms with Gasteiger partial charge in [0.2, 0.25) is 0 Å².